The van der Waals surface area contributed by atoms with Crippen molar-refractivity contribution in [1.82, 2.24) is 9.55 Å². The van der Waals surface area contributed by atoms with E-state index in [0.29, 0.717) is 5.56 Å². The van der Waals surface area contributed by atoms with Crippen LogP contribution in [0, 0.1) is 13.8 Å². The maximum absolute atomic E-state index is 12.4. The molecule has 1 aromatic heterocycles. The third-order valence-corrected chi connectivity index (χ3v) is 6.12. The summed E-state index contributed by atoms with van der Waals surface area (Å²) in [6.07, 6.45) is 4.74. The molecule has 0 bridgehead atoms. The lowest BCUT2D eigenvalue weighted by atomic mass is 10.1. The molecular formula is C20H20N2O3S2. The first-order valence-electron chi connectivity index (χ1n) is 8.32. The highest BCUT2D eigenvalue weighted by molar-refractivity contribution is 7.99. The maximum atomic E-state index is 12.4. The van der Waals surface area contributed by atoms with Crippen LogP contribution in [0.25, 0.3) is 5.69 Å². The number of thioether (sulfide) groups is 1. The van der Waals surface area contributed by atoms with Crippen LogP contribution in [0.5, 0.6) is 0 Å². The summed E-state index contributed by atoms with van der Waals surface area (Å²) in [5.41, 5.74) is 3.82. The number of Topliss-reactive ketones (excluding diaryl/α,β-unsaturated/α-hetero) is 1. The molecule has 0 aliphatic carbocycles. The Kier molecular flexibility index (Phi) is 5.53. The van der Waals surface area contributed by atoms with E-state index in [2.05, 4.69) is 23.2 Å². The number of carbonyl (C=O) groups is 1. The zero-order chi connectivity index (χ0) is 19.6. The second-order valence-corrected chi connectivity index (χ2v) is 9.39. The fourth-order valence-corrected chi connectivity index (χ4v) is 4.28. The van der Waals surface area contributed by atoms with Crippen molar-refractivity contribution in [3.63, 3.8) is 0 Å². The van der Waals surface area contributed by atoms with Crippen molar-refractivity contribution in [3.05, 3.63) is 71.5 Å². The molecule has 0 spiro atoms. The van der Waals surface area contributed by atoms with Gasteiger partial charge in [-0.1, -0.05) is 30.0 Å². The molecule has 7 heteroatoms. The van der Waals surface area contributed by atoms with Crippen molar-refractivity contribution in [1.29, 1.82) is 0 Å². The minimum absolute atomic E-state index is 0.0741. The van der Waals surface area contributed by atoms with E-state index in [9.17, 15) is 13.2 Å². The summed E-state index contributed by atoms with van der Waals surface area (Å²) in [6, 6.07) is 12.3. The summed E-state index contributed by atoms with van der Waals surface area (Å²) >= 11 is 1.36. The number of ketones is 1. The smallest absolute Gasteiger partial charge is 0.175 e. The highest BCUT2D eigenvalue weighted by Crippen LogP contribution is 2.23. The van der Waals surface area contributed by atoms with Crippen molar-refractivity contribution in [3.8, 4) is 5.69 Å². The van der Waals surface area contributed by atoms with Gasteiger partial charge in [-0.25, -0.2) is 13.4 Å². The van der Waals surface area contributed by atoms with Gasteiger partial charge in [-0.2, -0.15) is 0 Å². The van der Waals surface area contributed by atoms with E-state index >= 15 is 0 Å². The minimum atomic E-state index is -3.27. The third-order valence-electron chi connectivity index (χ3n) is 4.03. The first-order valence-corrected chi connectivity index (χ1v) is 11.2. The quantitative estimate of drug-likeness (QED) is 0.464. The molecule has 3 rings (SSSR count). The summed E-state index contributed by atoms with van der Waals surface area (Å²) in [6.45, 7) is 4.09. The predicted octanol–water partition coefficient (Wildman–Crippen LogP) is 3.87. The van der Waals surface area contributed by atoms with Crippen molar-refractivity contribution in [2.24, 2.45) is 0 Å². The van der Waals surface area contributed by atoms with Crippen LogP contribution in [0.3, 0.4) is 0 Å². The second kappa shape index (κ2) is 7.70. The molecule has 2 aromatic carbocycles. The molecule has 0 atom stereocenters. The lowest BCUT2D eigenvalue weighted by molar-refractivity contribution is 0.102. The molecule has 5 nitrogen and oxygen atoms in total. The van der Waals surface area contributed by atoms with Crippen molar-refractivity contribution >= 4 is 27.4 Å². The Bertz CT molecular complexity index is 1060. The van der Waals surface area contributed by atoms with E-state index in [1.165, 1.54) is 23.9 Å². The summed E-state index contributed by atoms with van der Waals surface area (Å²) in [5, 5.41) is 0.737. The highest BCUT2D eigenvalue weighted by atomic mass is 32.2. The zero-order valence-corrected chi connectivity index (χ0v) is 17.0. The van der Waals surface area contributed by atoms with Gasteiger partial charge >= 0.3 is 0 Å². The van der Waals surface area contributed by atoms with Gasteiger partial charge in [0.15, 0.2) is 20.8 Å². The maximum Gasteiger partial charge on any atom is 0.175 e. The number of sulfone groups is 1. The van der Waals surface area contributed by atoms with Crippen molar-refractivity contribution < 1.29 is 13.2 Å². The molecule has 0 aliphatic heterocycles. The fraction of sp³-hybridized carbons (Fsp3) is 0.200. The minimum Gasteiger partial charge on any atom is -0.295 e. The van der Waals surface area contributed by atoms with Crippen LogP contribution < -0.4 is 0 Å². The van der Waals surface area contributed by atoms with Crippen molar-refractivity contribution in [2.75, 3.05) is 12.0 Å². The Morgan fingerprint density at radius 1 is 1.07 bits per heavy atom. The number of hydrogen-bond donors (Lipinski definition) is 0. The first-order chi connectivity index (χ1) is 12.7. The summed E-state index contributed by atoms with van der Waals surface area (Å²) < 4.78 is 25.0. The average Bonchev–Trinajstić information content (AvgIpc) is 3.07. The molecule has 0 N–H and O–H groups in total. The summed E-state index contributed by atoms with van der Waals surface area (Å²) in [7, 11) is -3.27. The SMILES string of the molecule is Cc1cc(C)cc(-n2ccnc2SCC(=O)c2ccc(S(C)(=O)=O)cc2)c1. The molecule has 0 fully saturated rings. The number of carbonyl (C=O) groups excluding carboxylic acids is 1. The normalized spacial score (nSPS) is 11.5. The molecular weight excluding hydrogens is 380 g/mol. The van der Waals surface area contributed by atoms with E-state index < -0.39 is 9.84 Å². The molecule has 27 heavy (non-hydrogen) atoms. The molecule has 0 saturated carbocycles. The summed E-state index contributed by atoms with van der Waals surface area (Å²) in [5.74, 6) is 0.148. The molecule has 0 amide bonds. The number of nitrogens with zero attached hydrogens (tertiary/aromatic N) is 2. The number of hydrogen-bond acceptors (Lipinski definition) is 5. The molecule has 0 unspecified atom stereocenters. The van der Waals surface area contributed by atoms with Gasteiger partial charge in [0.2, 0.25) is 0 Å². The third kappa shape index (κ3) is 4.67. The van der Waals surface area contributed by atoms with Gasteiger partial charge in [0.25, 0.3) is 0 Å². The number of aromatic nitrogens is 2. The monoisotopic (exact) mass is 400 g/mol. The second-order valence-electron chi connectivity index (χ2n) is 6.43. The lowest BCUT2D eigenvalue weighted by Gasteiger charge is -2.09. The highest BCUT2D eigenvalue weighted by Gasteiger charge is 2.13. The van der Waals surface area contributed by atoms with Gasteiger partial charge in [0.05, 0.1) is 10.6 Å². The lowest BCUT2D eigenvalue weighted by Crippen LogP contribution is -2.05. The zero-order valence-electron chi connectivity index (χ0n) is 15.3. The van der Waals surface area contributed by atoms with Gasteiger partial charge in [-0.3, -0.25) is 9.36 Å². The molecule has 3 aromatic rings. The number of imidazole rings is 1. The van der Waals surface area contributed by atoms with Gasteiger partial charge in [0.1, 0.15) is 0 Å². The van der Waals surface area contributed by atoms with Crippen LogP contribution in [0.2, 0.25) is 0 Å². The van der Waals surface area contributed by atoms with Crippen LogP contribution >= 0.6 is 11.8 Å². The standard InChI is InChI=1S/C20H20N2O3S2/c1-14-10-15(2)12-17(11-14)22-9-8-21-20(22)26-13-19(23)16-4-6-18(7-5-16)27(3,24)25/h4-12H,13H2,1-3H3. The Hall–Kier alpha value is -2.38. The van der Waals surface area contributed by atoms with E-state index in [1.807, 2.05) is 24.6 Å². The Balaban J connectivity index is 1.74. The van der Waals surface area contributed by atoms with E-state index in [0.717, 1.165) is 28.2 Å². The number of rotatable bonds is 6. The van der Waals surface area contributed by atoms with Crippen molar-refractivity contribution in [2.45, 2.75) is 23.9 Å². The van der Waals surface area contributed by atoms with Crippen LogP contribution in [-0.2, 0) is 9.84 Å². The van der Waals surface area contributed by atoms with Crippen LogP contribution in [0.1, 0.15) is 21.5 Å². The predicted molar refractivity (Wildman–Crippen MR) is 108 cm³/mol. The van der Waals surface area contributed by atoms with Gasteiger partial charge in [-0.05, 0) is 49.2 Å². The molecule has 0 saturated heterocycles. The largest absolute Gasteiger partial charge is 0.295 e. The first kappa shape index (κ1) is 19.4. The Morgan fingerprint density at radius 2 is 1.70 bits per heavy atom. The molecule has 0 radical (unpaired) electrons. The van der Waals surface area contributed by atoms with E-state index in [1.54, 1.807) is 18.3 Å². The molecule has 1 heterocycles. The number of benzene rings is 2. The van der Waals surface area contributed by atoms with Crippen LogP contribution in [0.4, 0.5) is 0 Å². The summed E-state index contributed by atoms with van der Waals surface area (Å²) in [4.78, 5) is 17.0. The topological polar surface area (TPSA) is 69.0 Å². The number of aryl methyl sites for hydroxylation is 2. The van der Waals surface area contributed by atoms with Gasteiger partial charge < -0.3 is 0 Å². The van der Waals surface area contributed by atoms with E-state index in [4.69, 9.17) is 0 Å². The van der Waals surface area contributed by atoms with E-state index in [-0.39, 0.29) is 16.4 Å². The Labute approximate surface area is 163 Å². The van der Waals surface area contributed by atoms with Gasteiger partial charge in [0, 0.05) is 29.9 Å². The fourth-order valence-electron chi connectivity index (χ4n) is 2.78. The molecule has 0 aliphatic rings. The van der Waals surface area contributed by atoms with Crippen LogP contribution in [-0.4, -0.2) is 35.8 Å². The Morgan fingerprint density at radius 3 is 2.30 bits per heavy atom. The average molecular weight is 401 g/mol. The van der Waals surface area contributed by atoms with Gasteiger partial charge in [-0.15, -0.1) is 0 Å². The molecule has 140 valence electrons. The van der Waals surface area contributed by atoms with Crippen LogP contribution in [0.15, 0.2) is 64.9 Å².